The number of aromatic nitrogens is 3. The van der Waals surface area contributed by atoms with Gasteiger partial charge in [0.25, 0.3) is 0 Å². The Morgan fingerprint density at radius 3 is 2.50 bits per heavy atom. The molecule has 4 aromatic rings. The molecule has 0 radical (unpaired) electrons. The van der Waals surface area contributed by atoms with Crippen LogP contribution in [0.4, 0.5) is 5.82 Å². The fraction of sp³-hybridized carbons (Fsp3) is 0.385. The summed E-state index contributed by atoms with van der Waals surface area (Å²) in [5, 5.41) is 1.11. The Bertz CT molecular complexity index is 1210. The number of pyridine rings is 1. The van der Waals surface area contributed by atoms with Gasteiger partial charge in [0.2, 0.25) is 0 Å². The Morgan fingerprint density at radius 2 is 1.78 bits per heavy atom. The third-order valence-corrected chi connectivity index (χ3v) is 6.65. The largest absolute Gasteiger partial charge is 0.382 e. The lowest BCUT2D eigenvalue weighted by molar-refractivity contribution is 0.589. The van der Waals surface area contributed by atoms with E-state index in [0.29, 0.717) is 5.82 Å². The average Bonchev–Trinajstić information content (AvgIpc) is 3.14. The smallest absolute Gasteiger partial charge is 0.152 e. The van der Waals surface area contributed by atoms with E-state index in [1.807, 2.05) is 12.1 Å². The number of hydrogen-bond donors (Lipinski definition) is 2. The maximum Gasteiger partial charge on any atom is 0.152 e. The number of para-hydroxylation sites is 1. The summed E-state index contributed by atoms with van der Waals surface area (Å²) in [7, 11) is 0. The van der Waals surface area contributed by atoms with Crippen LogP contribution in [0.5, 0.6) is 0 Å². The van der Waals surface area contributed by atoms with Crippen LogP contribution in [0.3, 0.4) is 0 Å². The van der Waals surface area contributed by atoms with Crippen molar-refractivity contribution in [2.24, 2.45) is 0 Å². The van der Waals surface area contributed by atoms with Crippen LogP contribution in [0.15, 0.2) is 53.4 Å². The van der Waals surface area contributed by atoms with E-state index in [9.17, 15) is 0 Å². The predicted octanol–water partition coefficient (Wildman–Crippen LogP) is 6.10. The second-order valence-corrected chi connectivity index (χ2v) is 10.2. The first-order valence-electron chi connectivity index (χ1n) is 11.4. The number of benzene rings is 2. The lowest BCUT2D eigenvalue weighted by atomic mass is 9.87. The van der Waals surface area contributed by atoms with Gasteiger partial charge in [0.05, 0.1) is 11.0 Å². The zero-order valence-electron chi connectivity index (χ0n) is 19.5. The summed E-state index contributed by atoms with van der Waals surface area (Å²) in [6, 6.07) is 17.0. The minimum Gasteiger partial charge on any atom is -0.382 e. The fourth-order valence-electron chi connectivity index (χ4n) is 3.99. The Morgan fingerprint density at radius 1 is 1.03 bits per heavy atom. The van der Waals surface area contributed by atoms with Crippen molar-refractivity contribution in [2.75, 3.05) is 12.3 Å². The Labute approximate surface area is 195 Å². The second-order valence-electron chi connectivity index (χ2n) is 9.27. The molecule has 2 heterocycles. The second kappa shape index (κ2) is 9.51. The number of nitrogens with one attached hydrogen (secondary N) is 1. The maximum absolute atomic E-state index is 6.30. The highest BCUT2D eigenvalue weighted by Crippen LogP contribution is 2.29. The van der Waals surface area contributed by atoms with E-state index < -0.39 is 0 Å². The molecule has 0 saturated carbocycles. The van der Waals surface area contributed by atoms with Gasteiger partial charge < -0.3 is 10.3 Å². The van der Waals surface area contributed by atoms with Gasteiger partial charge >= 0.3 is 0 Å². The molecular formula is C26H33N5S. The molecular weight excluding hydrogens is 414 g/mol. The number of aryl methyl sites for hydroxylation is 1. The summed E-state index contributed by atoms with van der Waals surface area (Å²) < 4.78 is 5.86. The number of rotatable bonds is 8. The molecule has 3 N–H and O–H groups in total. The van der Waals surface area contributed by atoms with Gasteiger partial charge in [0.15, 0.2) is 5.82 Å². The molecule has 4 rings (SSSR count). The third kappa shape index (κ3) is 4.76. The highest BCUT2D eigenvalue weighted by Gasteiger charge is 2.17. The molecule has 0 aliphatic rings. The van der Waals surface area contributed by atoms with Gasteiger partial charge in [-0.05, 0) is 47.5 Å². The highest BCUT2D eigenvalue weighted by molar-refractivity contribution is 7.97. The van der Waals surface area contributed by atoms with Crippen LogP contribution in [-0.4, -0.2) is 21.1 Å². The fourth-order valence-corrected chi connectivity index (χ4v) is 4.62. The van der Waals surface area contributed by atoms with Crippen LogP contribution < -0.4 is 10.5 Å². The first kappa shape index (κ1) is 22.6. The van der Waals surface area contributed by atoms with Gasteiger partial charge in [0, 0.05) is 29.8 Å². The lowest BCUT2D eigenvalue weighted by Gasteiger charge is -2.19. The predicted molar refractivity (Wildman–Crippen MR) is 137 cm³/mol. The zero-order valence-corrected chi connectivity index (χ0v) is 20.3. The molecule has 0 aliphatic heterocycles. The van der Waals surface area contributed by atoms with E-state index in [4.69, 9.17) is 10.7 Å². The lowest BCUT2D eigenvalue weighted by Crippen LogP contribution is -2.15. The van der Waals surface area contributed by atoms with E-state index in [-0.39, 0.29) is 5.41 Å². The number of anilines is 1. The molecule has 5 nitrogen and oxygen atoms in total. The van der Waals surface area contributed by atoms with Crippen molar-refractivity contribution in [3.63, 3.8) is 0 Å². The van der Waals surface area contributed by atoms with Crippen molar-refractivity contribution in [3.05, 3.63) is 59.9 Å². The molecule has 168 valence electrons. The van der Waals surface area contributed by atoms with Crippen LogP contribution >= 0.6 is 11.9 Å². The molecule has 0 unspecified atom stereocenters. The normalized spacial score (nSPS) is 12.1. The van der Waals surface area contributed by atoms with Gasteiger partial charge in [0.1, 0.15) is 11.3 Å². The van der Waals surface area contributed by atoms with Gasteiger partial charge in [-0.2, -0.15) is 0 Å². The van der Waals surface area contributed by atoms with Crippen LogP contribution in [0.1, 0.15) is 51.9 Å². The molecule has 0 fully saturated rings. The number of imidazole rings is 1. The van der Waals surface area contributed by atoms with Crippen molar-refractivity contribution >= 4 is 39.7 Å². The summed E-state index contributed by atoms with van der Waals surface area (Å²) in [5.74, 6) is 1.60. The summed E-state index contributed by atoms with van der Waals surface area (Å²) in [6.45, 7) is 10.6. The molecule has 0 saturated heterocycles. The number of nitrogens with zero attached hydrogens (tertiary/aromatic N) is 3. The zero-order chi connectivity index (χ0) is 22.7. The van der Waals surface area contributed by atoms with Gasteiger partial charge in [-0.15, -0.1) is 0 Å². The molecule has 32 heavy (non-hydrogen) atoms. The van der Waals surface area contributed by atoms with Crippen molar-refractivity contribution in [3.8, 4) is 0 Å². The van der Waals surface area contributed by atoms with E-state index in [1.54, 1.807) is 11.9 Å². The first-order valence-corrected chi connectivity index (χ1v) is 12.2. The highest BCUT2D eigenvalue weighted by atomic mass is 32.2. The molecule has 0 amide bonds. The van der Waals surface area contributed by atoms with Crippen molar-refractivity contribution < 1.29 is 0 Å². The van der Waals surface area contributed by atoms with Gasteiger partial charge in [-0.25, -0.2) is 9.97 Å². The van der Waals surface area contributed by atoms with Crippen molar-refractivity contribution in [1.82, 2.24) is 19.3 Å². The summed E-state index contributed by atoms with van der Waals surface area (Å²) >= 11 is 1.68. The molecule has 2 aromatic heterocycles. The van der Waals surface area contributed by atoms with E-state index in [0.717, 1.165) is 60.1 Å². The minimum absolute atomic E-state index is 0.174. The van der Waals surface area contributed by atoms with Crippen molar-refractivity contribution in [2.45, 2.75) is 63.8 Å². The summed E-state index contributed by atoms with van der Waals surface area (Å²) in [5.41, 5.74) is 10.7. The maximum atomic E-state index is 6.30. The number of unbranched alkanes of at least 4 members (excludes halogenated alkanes) is 1. The third-order valence-electron chi connectivity index (χ3n) is 5.79. The Balaban J connectivity index is 1.55. The molecule has 0 spiro atoms. The van der Waals surface area contributed by atoms with E-state index >= 15 is 0 Å². The molecule has 0 aliphatic carbocycles. The van der Waals surface area contributed by atoms with Crippen LogP contribution in [0.2, 0.25) is 0 Å². The average molecular weight is 448 g/mol. The molecule has 0 atom stereocenters. The standard InChI is InChI=1S/C26H33N5S/c1-5-6-11-22-30-23-24(20-9-7-8-10-21(20)29-25(23)27)31(22)17-16-28-32-19-14-12-18(13-15-19)26(2,3)4/h7-10,12-15,28H,5-6,11,16-17H2,1-4H3,(H2,27,29). The number of fused-ring (bicyclic) bond motifs is 3. The molecule has 0 bridgehead atoms. The quantitative estimate of drug-likeness (QED) is 0.252. The van der Waals surface area contributed by atoms with Crippen LogP contribution in [0.25, 0.3) is 21.9 Å². The number of nitrogens with two attached hydrogens (primary N) is 1. The van der Waals surface area contributed by atoms with Crippen LogP contribution in [0, 0.1) is 0 Å². The molecule has 2 aromatic carbocycles. The van der Waals surface area contributed by atoms with Gasteiger partial charge in [-0.1, -0.05) is 64.4 Å². The van der Waals surface area contributed by atoms with E-state index in [2.05, 4.69) is 78.4 Å². The Hall–Kier alpha value is -2.57. The van der Waals surface area contributed by atoms with Crippen molar-refractivity contribution in [1.29, 1.82) is 0 Å². The monoisotopic (exact) mass is 447 g/mol. The SMILES string of the molecule is CCCCc1nc2c(N)nc3ccccc3c2n1CCNSc1ccc(C(C)(C)C)cc1. The van der Waals surface area contributed by atoms with E-state index in [1.165, 1.54) is 10.5 Å². The number of nitrogen functional groups attached to an aromatic ring is 1. The summed E-state index contributed by atoms with van der Waals surface area (Å²) in [6.07, 6.45) is 3.19. The number of hydrogen-bond acceptors (Lipinski definition) is 5. The van der Waals surface area contributed by atoms with Crippen LogP contribution in [-0.2, 0) is 18.4 Å². The first-order chi connectivity index (χ1) is 15.4. The Kier molecular flexibility index (Phi) is 6.72. The minimum atomic E-state index is 0.174. The molecule has 6 heteroatoms. The topological polar surface area (TPSA) is 68.8 Å². The van der Waals surface area contributed by atoms with Gasteiger partial charge in [-0.3, -0.25) is 4.72 Å². The summed E-state index contributed by atoms with van der Waals surface area (Å²) in [4.78, 5) is 10.7.